The van der Waals surface area contributed by atoms with Gasteiger partial charge in [0.1, 0.15) is 6.23 Å². The Morgan fingerprint density at radius 3 is 2.58 bits per heavy atom. The summed E-state index contributed by atoms with van der Waals surface area (Å²) in [6.45, 7) is 7.85. The summed E-state index contributed by atoms with van der Waals surface area (Å²) >= 11 is 8.02. The highest BCUT2D eigenvalue weighted by molar-refractivity contribution is 8.00. The lowest BCUT2D eigenvalue weighted by Crippen LogP contribution is -2.26. The van der Waals surface area contributed by atoms with Crippen molar-refractivity contribution in [3.63, 3.8) is 0 Å². The van der Waals surface area contributed by atoms with Gasteiger partial charge in [-0.25, -0.2) is 13.2 Å². The van der Waals surface area contributed by atoms with Gasteiger partial charge in [-0.05, 0) is 49.6 Å². The van der Waals surface area contributed by atoms with E-state index in [1.54, 1.807) is 37.0 Å². The third-order valence-electron chi connectivity index (χ3n) is 5.44. The molecule has 2 aromatic carbocycles. The van der Waals surface area contributed by atoms with Gasteiger partial charge in [0.2, 0.25) is 0 Å². The molecule has 3 rings (SSSR count). The number of aliphatic imine (C=N–C) groups is 1. The Bertz CT molecular complexity index is 978. The Labute approximate surface area is 189 Å². The number of nitrogens with one attached hydrogen (secondary N) is 1. The third-order valence-corrected chi connectivity index (χ3v) is 7.56. The number of aliphatic hydroxyl groups excluding tert-OH is 1. The monoisotopic (exact) mass is 468 g/mol. The molecule has 4 atom stereocenters. The fourth-order valence-corrected chi connectivity index (χ4v) is 5.53. The van der Waals surface area contributed by atoms with Crippen molar-refractivity contribution in [1.82, 2.24) is 0 Å². The molecule has 0 radical (unpaired) electrons. The summed E-state index contributed by atoms with van der Waals surface area (Å²) in [6, 6.07) is 7.05. The first-order chi connectivity index (χ1) is 14.7. The van der Waals surface area contributed by atoms with Gasteiger partial charge in [0.05, 0.1) is 5.02 Å². The SMILES string of the molecule is C=C(Nc1cc(F)c(F)c(F)c1)c1ccc(Cl)c(SC2C(C)CCC2C(O)/N=C\C)c1. The molecule has 1 aliphatic carbocycles. The van der Waals surface area contributed by atoms with E-state index in [1.807, 2.05) is 6.07 Å². The molecule has 8 heteroatoms. The van der Waals surface area contributed by atoms with E-state index in [-0.39, 0.29) is 16.9 Å². The van der Waals surface area contributed by atoms with Gasteiger partial charge in [-0.3, -0.25) is 4.99 Å². The predicted molar refractivity (Wildman–Crippen MR) is 122 cm³/mol. The smallest absolute Gasteiger partial charge is 0.194 e. The van der Waals surface area contributed by atoms with Crippen LogP contribution in [-0.4, -0.2) is 22.8 Å². The second kappa shape index (κ2) is 10.1. The van der Waals surface area contributed by atoms with Crippen LogP contribution in [0.2, 0.25) is 5.02 Å². The van der Waals surface area contributed by atoms with Crippen molar-refractivity contribution in [3.8, 4) is 0 Å². The van der Waals surface area contributed by atoms with Crippen molar-refractivity contribution in [2.45, 2.75) is 43.1 Å². The van der Waals surface area contributed by atoms with Gasteiger partial charge in [-0.15, -0.1) is 11.8 Å². The maximum atomic E-state index is 13.5. The molecule has 0 aliphatic heterocycles. The molecule has 1 fully saturated rings. The number of thioether (sulfide) groups is 1. The normalized spacial score (nSPS) is 22.1. The number of hydrogen-bond donors (Lipinski definition) is 2. The highest BCUT2D eigenvalue weighted by Crippen LogP contribution is 2.46. The van der Waals surface area contributed by atoms with E-state index in [2.05, 4.69) is 23.8 Å². The third kappa shape index (κ3) is 5.45. The van der Waals surface area contributed by atoms with E-state index in [0.29, 0.717) is 22.2 Å². The van der Waals surface area contributed by atoms with Crippen molar-refractivity contribution in [1.29, 1.82) is 0 Å². The predicted octanol–water partition coefficient (Wildman–Crippen LogP) is 6.76. The molecule has 4 unspecified atom stereocenters. The zero-order valence-corrected chi connectivity index (χ0v) is 18.8. The van der Waals surface area contributed by atoms with Crippen molar-refractivity contribution < 1.29 is 18.3 Å². The minimum atomic E-state index is -1.52. The summed E-state index contributed by atoms with van der Waals surface area (Å²) in [7, 11) is 0. The number of halogens is 4. The summed E-state index contributed by atoms with van der Waals surface area (Å²) in [4.78, 5) is 4.96. The first-order valence-electron chi connectivity index (χ1n) is 9.94. The van der Waals surface area contributed by atoms with Gasteiger partial charge in [0.25, 0.3) is 0 Å². The zero-order valence-electron chi connectivity index (χ0n) is 17.2. The van der Waals surface area contributed by atoms with Crippen molar-refractivity contribution >= 4 is 41.0 Å². The Morgan fingerprint density at radius 1 is 1.26 bits per heavy atom. The average Bonchev–Trinajstić information content (AvgIpc) is 3.08. The van der Waals surface area contributed by atoms with E-state index in [1.165, 1.54) is 0 Å². The Balaban J connectivity index is 1.80. The molecule has 1 saturated carbocycles. The molecular formula is C23H24ClF3N2OS. The molecule has 3 nitrogen and oxygen atoms in total. The summed E-state index contributed by atoms with van der Waals surface area (Å²) in [5.41, 5.74) is 1.11. The summed E-state index contributed by atoms with van der Waals surface area (Å²) in [6.07, 6.45) is 2.73. The molecule has 2 N–H and O–H groups in total. The number of hydrogen-bond acceptors (Lipinski definition) is 4. The van der Waals surface area contributed by atoms with Gasteiger partial charge < -0.3 is 10.4 Å². The molecule has 0 saturated heterocycles. The molecule has 166 valence electrons. The summed E-state index contributed by atoms with van der Waals surface area (Å²) in [5, 5.41) is 13.9. The highest BCUT2D eigenvalue weighted by atomic mass is 35.5. The lowest BCUT2D eigenvalue weighted by atomic mass is 10.0. The minimum Gasteiger partial charge on any atom is -0.371 e. The molecule has 31 heavy (non-hydrogen) atoms. The topological polar surface area (TPSA) is 44.6 Å². The molecule has 0 spiro atoms. The molecule has 0 bridgehead atoms. The number of anilines is 1. The van der Waals surface area contributed by atoms with E-state index < -0.39 is 23.7 Å². The second-order valence-electron chi connectivity index (χ2n) is 7.62. The average molecular weight is 469 g/mol. The standard InChI is InChI=1S/C23H24ClF3N2OS/c1-4-28-23(30)16-7-5-12(2)22(16)31-20-9-14(6-8-17(20)24)13(3)29-15-10-18(25)21(27)19(26)11-15/h4,6,8-12,16,22-23,29-30H,3,5,7H2,1-2H3/b28-4-. The summed E-state index contributed by atoms with van der Waals surface area (Å²) in [5.74, 6) is -3.68. The van der Waals surface area contributed by atoms with Gasteiger partial charge >= 0.3 is 0 Å². The van der Waals surface area contributed by atoms with Gasteiger partial charge in [0, 0.05) is 39.6 Å². The fraction of sp³-hybridized carbons (Fsp3) is 0.348. The lowest BCUT2D eigenvalue weighted by molar-refractivity contribution is 0.121. The van der Waals surface area contributed by atoms with E-state index in [4.69, 9.17) is 11.6 Å². The van der Waals surface area contributed by atoms with Crippen molar-refractivity contribution in [3.05, 3.63) is 64.9 Å². The Hall–Kier alpha value is -1.96. The quantitative estimate of drug-likeness (QED) is 0.348. The Kier molecular flexibility index (Phi) is 7.73. The van der Waals surface area contributed by atoms with Crippen LogP contribution in [0.25, 0.3) is 5.70 Å². The van der Waals surface area contributed by atoms with Gasteiger partial charge in [0.15, 0.2) is 17.5 Å². The second-order valence-corrected chi connectivity index (χ2v) is 9.25. The molecule has 0 amide bonds. The van der Waals surface area contributed by atoms with Gasteiger partial charge in [-0.2, -0.15) is 0 Å². The minimum absolute atomic E-state index is 0.0161. The maximum absolute atomic E-state index is 13.5. The molecule has 1 aliphatic rings. The summed E-state index contributed by atoms with van der Waals surface area (Å²) < 4.78 is 40.2. The van der Waals surface area contributed by atoms with Crippen LogP contribution in [0.3, 0.4) is 0 Å². The first kappa shape index (κ1) is 23.7. The van der Waals surface area contributed by atoms with Crippen LogP contribution < -0.4 is 5.32 Å². The van der Waals surface area contributed by atoms with Crippen LogP contribution >= 0.6 is 23.4 Å². The number of rotatable bonds is 7. The van der Waals surface area contributed by atoms with Crippen LogP contribution in [0, 0.1) is 29.3 Å². The van der Waals surface area contributed by atoms with E-state index in [9.17, 15) is 18.3 Å². The largest absolute Gasteiger partial charge is 0.371 e. The van der Waals surface area contributed by atoms with Crippen LogP contribution in [-0.2, 0) is 0 Å². The van der Waals surface area contributed by atoms with Crippen LogP contribution in [0.5, 0.6) is 0 Å². The highest BCUT2D eigenvalue weighted by Gasteiger charge is 2.38. The molecule has 2 aromatic rings. The lowest BCUT2D eigenvalue weighted by Gasteiger charge is -2.25. The van der Waals surface area contributed by atoms with E-state index >= 15 is 0 Å². The van der Waals surface area contributed by atoms with Crippen LogP contribution in [0.1, 0.15) is 32.3 Å². The molecular weight excluding hydrogens is 445 g/mol. The van der Waals surface area contributed by atoms with Gasteiger partial charge in [-0.1, -0.05) is 31.2 Å². The van der Waals surface area contributed by atoms with Crippen LogP contribution in [0.4, 0.5) is 18.9 Å². The molecule has 0 aromatic heterocycles. The number of aliphatic hydroxyl groups is 1. The van der Waals surface area contributed by atoms with Crippen LogP contribution in [0.15, 0.2) is 46.8 Å². The van der Waals surface area contributed by atoms with Crippen molar-refractivity contribution in [2.75, 3.05) is 5.32 Å². The zero-order chi connectivity index (χ0) is 22.7. The number of benzene rings is 2. The number of nitrogens with zero attached hydrogens (tertiary/aromatic N) is 1. The van der Waals surface area contributed by atoms with E-state index in [0.717, 1.165) is 29.9 Å². The maximum Gasteiger partial charge on any atom is 0.194 e. The fourth-order valence-electron chi connectivity index (χ4n) is 3.79. The molecule has 0 heterocycles. The first-order valence-corrected chi connectivity index (χ1v) is 11.2. The van der Waals surface area contributed by atoms with Crippen molar-refractivity contribution in [2.24, 2.45) is 16.8 Å². The Morgan fingerprint density at radius 2 is 1.94 bits per heavy atom.